The number of hydrogen-bond acceptors (Lipinski definition) is 14. The summed E-state index contributed by atoms with van der Waals surface area (Å²) in [5.41, 5.74) is 0. The standard InChI is InChI=1S/C50H91NO15/c1-5-9-13-17-18-22-26-30-40(65-50-49(61)48(60)47(59)41(36-52)66-50)34-46(58)64-39(29-25-21-16-12-8-4)33-45(57)63-38(28-24-20-15-11-7-3)32-44(56)62-37(27-23-19-14-10-6-2)31-42(53)51-35-43(54)55/h37-41,47-50,52,59-61H,5-36H2,1-4H3,(H,51,53)(H,54,55)/t37-,38-,39-,40-,41-,47-,48+,49-,50-/m1/s1. The maximum absolute atomic E-state index is 13.7. The summed E-state index contributed by atoms with van der Waals surface area (Å²) in [5, 5.41) is 52.5. The second-order valence-electron chi connectivity index (χ2n) is 18.3. The molecule has 1 amide bonds. The number of nitrogens with one attached hydrogen (secondary N) is 1. The minimum atomic E-state index is -1.64. The smallest absolute Gasteiger partial charge is 0.322 e. The SMILES string of the molecule is CCCCCCCCC[C@H](CC(=O)O[C@H](CCCCCCC)CC(=O)O[C@H](CCCCCCC)CC(=O)O[C@H](CCCCCCC)CC(=O)NCC(=O)O)O[C@@H]1O[C@H](CO)[C@@H](O)[C@H](O)[C@H]1O. The Bertz CT molecular complexity index is 1280. The summed E-state index contributed by atoms with van der Waals surface area (Å²) in [4.78, 5) is 64.5. The van der Waals surface area contributed by atoms with Crippen molar-refractivity contribution in [1.82, 2.24) is 5.32 Å². The number of rotatable bonds is 42. The van der Waals surface area contributed by atoms with E-state index in [1.165, 1.54) is 0 Å². The molecule has 0 aliphatic carbocycles. The van der Waals surface area contributed by atoms with Gasteiger partial charge in [0.05, 0.1) is 38.4 Å². The second kappa shape index (κ2) is 39.0. The van der Waals surface area contributed by atoms with E-state index in [4.69, 9.17) is 28.8 Å². The van der Waals surface area contributed by atoms with Gasteiger partial charge in [-0.05, 0) is 44.9 Å². The molecule has 1 aliphatic heterocycles. The van der Waals surface area contributed by atoms with Crippen LogP contribution in [0.25, 0.3) is 0 Å². The maximum atomic E-state index is 13.7. The Hall–Kier alpha value is -2.89. The van der Waals surface area contributed by atoms with Gasteiger partial charge in [-0.3, -0.25) is 24.0 Å². The van der Waals surface area contributed by atoms with Gasteiger partial charge in [-0.1, -0.05) is 150 Å². The zero-order chi connectivity index (χ0) is 49.0. The van der Waals surface area contributed by atoms with Crippen LogP contribution in [0.15, 0.2) is 0 Å². The molecule has 1 heterocycles. The number of aliphatic carboxylic acids is 1. The van der Waals surface area contributed by atoms with E-state index in [9.17, 15) is 44.4 Å². The first kappa shape index (κ1) is 61.1. The number of aliphatic hydroxyl groups excluding tert-OH is 4. The zero-order valence-corrected chi connectivity index (χ0v) is 41.1. The van der Waals surface area contributed by atoms with Gasteiger partial charge in [0.25, 0.3) is 0 Å². The van der Waals surface area contributed by atoms with Gasteiger partial charge in [-0.2, -0.15) is 0 Å². The first-order valence-corrected chi connectivity index (χ1v) is 25.8. The van der Waals surface area contributed by atoms with Gasteiger partial charge in [0, 0.05) is 0 Å². The van der Waals surface area contributed by atoms with Crippen LogP contribution < -0.4 is 5.32 Å². The Morgan fingerprint density at radius 3 is 1.21 bits per heavy atom. The van der Waals surface area contributed by atoms with Crippen molar-refractivity contribution in [2.45, 2.75) is 275 Å². The van der Waals surface area contributed by atoms with Crippen molar-refractivity contribution < 1.29 is 73.2 Å². The lowest BCUT2D eigenvalue weighted by atomic mass is 9.99. The Morgan fingerprint density at radius 2 is 0.833 bits per heavy atom. The number of amides is 1. The van der Waals surface area contributed by atoms with Crippen molar-refractivity contribution in [1.29, 1.82) is 0 Å². The molecule has 0 aromatic rings. The third-order valence-corrected chi connectivity index (χ3v) is 12.1. The van der Waals surface area contributed by atoms with Gasteiger partial charge < -0.3 is 54.5 Å². The van der Waals surface area contributed by atoms with Crippen molar-refractivity contribution >= 4 is 29.8 Å². The van der Waals surface area contributed by atoms with Gasteiger partial charge in [0.2, 0.25) is 5.91 Å². The largest absolute Gasteiger partial charge is 0.480 e. The average Bonchev–Trinajstić information content (AvgIpc) is 3.27. The molecule has 0 aromatic carbocycles. The van der Waals surface area contributed by atoms with Crippen molar-refractivity contribution in [2.24, 2.45) is 0 Å². The summed E-state index contributed by atoms with van der Waals surface area (Å²) in [7, 11) is 0. The summed E-state index contributed by atoms with van der Waals surface area (Å²) in [6.07, 6.45) is 11.2. The van der Waals surface area contributed by atoms with Crippen LogP contribution in [0.2, 0.25) is 0 Å². The van der Waals surface area contributed by atoms with Gasteiger partial charge >= 0.3 is 23.9 Å². The number of carbonyl (C=O) groups excluding carboxylic acids is 4. The predicted molar refractivity (Wildman–Crippen MR) is 250 cm³/mol. The molecule has 9 atom stereocenters. The first-order valence-electron chi connectivity index (χ1n) is 25.8. The third-order valence-electron chi connectivity index (χ3n) is 12.1. The zero-order valence-electron chi connectivity index (χ0n) is 41.1. The molecule has 1 saturated heterocycles. The second-order valence-corrected chi connectivity index (χ2v) is 18.3. The highest BCUT2D eigenvalue weighted by atomic mass is 16.7. The van der Waals surface area contributed by atoms with E-state index < -0.39 is 98.1 Å². The fourth-order valence-electron chi connectivity index (χ4n) is 8.16. The highest BCUT2D eigenvalue weighted by Gasteiger charge is 2.45. The van der Waals surface area contributed by atoms with Gasteiger partial charge in [-0.25, -0.2) is 0 Å². The van der Waals surface area contributed by atoms with E-state index >= 15 is 0 Å². The number of esters is 3. The number of aliphatic hydroxyl groups is 4. The van der Waals surface area contributed by atoms with E-state index in [0.29, 0.717) is 44.9 Å². The average molecular weight is 946 g/mol. The molecular formula is C50H91NO15. The molecule has 1 aliphatic rings. The number of carboxylic acids is 1. The number of ether oxygens (including phenoxy) is 5. The molecule has 0 radical (unpaired) electrons. The molecule has 6 N–H and O–H groups in total. The Labute approximate surface area is 396 Å². The van der Waals surface area contributed by atoms with Crippen LogP contribution in [0.3, 0.4) is 0 Å². The monoisotopic (exact) mass is 946 g/mol. The Kier molecular flexibility index (Phi) is 36.1. The maximum Gasteiger partial charge on any atom is 0.322 e. The van der Waals surface area contributed by atoms with E-state index in [0.717, 1.165) is 122 Å². The fourth-order valence-corrected chi connectivity index (χ4v) is 8.16. The van der Waals surface area contributed by atoms with Crippen molar-refractivity contribution in [3.05, 3.63) is 0 Å². The Morgan fingerprint density at radius 1 is 0.485 bits per heavy atom. The van der Waals surface area contributed by atoms with Crippen molar-refractivity contribution in [2.75, 3.05) is 13.2 Å². The molecule has 1 rings (SSSR count). The van der Waals surface area contributed by atoms with Crippen molar-refractivity contribution in [3.8, 4) is 0 Å². The van der Waals surface area contributed by atoms with Crippen LogP contribution in [0.5, 0.6) is 0 Å². The van der Waals surface area contributed by atoms with Gasteiger partial charge in [-0.15, -0.1) is 0 Å². The molecule has 66 heavy (non-hydrogen) atoms. The third kappa shape index (κ3) is 29.8. The minimum absolute atomic E-state index is 0.187. The topological polar surface area (TPSA) is 245 Å². The summed E-state index contributed by atoms with van der Waals surface area (Å²) in [5.74, 6) is -3.62. The van der Waals surface area contributed by atoms with Crippen LogP contribution in [0.1, 0.15) is 220 Å². The van der Waals surface area contributed by atoms with Crippen LogP contribution in [0.4, 0.5) is 0 Å². The summed E-state index contributed by atoms with van der Waals surface area (Å²) in [6, 6.07) is 0. The molecule has 16 heteroatoms. The summed E-state index contributed by atoms with van der Waals surface area (Å²) in [6.45, 7) is 7.31. The van der Waals surface area contributed by atoms with Crippen LogP contribution in [0, 0.1) is 0 Å². The van der Waals surface area contributed by atoms with E-state index in [-0.39, 0.29) is 25.7 Å². The lowest BCUT2D eigenvalue weighted by Gasteiger charge is -2.40. The fraction of sp³-hybridized carbons (Fsp3) is 0.900. The van der Waals surface area contributed by atoms with E-state index in [1.54, 1.807) is 0 Å². The Balaban J connectivity index is 3.18. The van der Waals surface area contributed by atoms with E-state index in [2.05, 4.69) is 33.0 Å². The molecule has 0 aromatic heterocycles. The highest BCUT2D eigenvalue weighted by molar-refractivity contribution is 5.81. The number of unbranched alkanes of at least 4 members (excludes halogenated alkanes) is 18. The molecule has 386 valence electrons. The molecule has 1 fully saturated rings. The van der Waals surface area contributed by atoms with E-state index in [1.807, 2.05) is 0 Å². The molecular weight excluding hydrogens is 855 g/mol. The number of carboxylic acid groups (broad SMARTS) is 1. The quantitative estimate of drug-likeness (QED) is 0.0194. The lowest BCUT2D eigenvalue weighted by molar-refractivity contribution is -0.312. The van der Waals surface area contributed by atoms with Crippen LogP contribution >= 0.6 is 0 Å². The number of carbonyl (C=O) groups is 5. The molecule has 0 saturated carbocycles. The lowest BCUT2D eigenvalue weighted by Crippen LogP contribution is -2.59. The normalized spacial score (nSPS) is 20.2. The van der Waals surface area contributed by atoms with Crippen LogP contribution in [-0.4, -0.2) is 124 Å². The highest BCUT2D eigenvalue weighted by Crippen LogP contribution is 2.26. The minimum Gasteiger partial charge on any atom is -0.480 e. The molecule has 0 bridgehead atoms. The van der Waals surface area contributed by atoms with Crippen molar-refractivity contribution in [3.63, 3.8) is 0 Å². The number of hydrogen-bond donors (Lipinski definition) is 6. The van der Waals surface area contributed by atoms with Gasteiger partial charge in [0.15, 0.2) is 6.29 Å². The molecule has 16 nitrogen and oxygen atoms in total. The summed E-state index contributed by atoms with van der Waals surface area (Å²) < 4.78 is 29.4. The van der Waals surface area contributed by atoms with Crippen LogP contribution in [-0.2, 0) is 47.7 Å². The first-order chi connectivity index (χ1) is 31.8. The predicted octanol–water partition coefficient (Wildman–Crippen LogP) is 7.89. The van der Waals surface area contributed by atoms with Gasteiger partial charge in [0.1, 0.15) is 49.3 Å². The molecule has 0 unspecified atom stereocenters. The molecule has 0 spiro atoms. The summed E-state index contributed by atoms with van der Waals surface area (Å²) >= 11 is 0.